The third-order valence-corrected chi connectivity index (χ3v) is 2.59. The fourth-order valence-electron chi connectivity index (χ4n) is 1.90. The highest BCUT2D eigenvalue weighted by Gasteiger charge is 1.92. The van der Waals surface area contributed by atoms with Gasteiger partial charge >= 0.3 is 0 Å². The first-order valence-electron chi connectivity index (χ1n) is 6.53. The van der Waals surface area contributed by atoms with E-state index in [1.807, 2.05) is 0 Å². The Morgan fingerprint density at radius 2 is 1.76 bits per heavy atom. The molecule has 0 atom stereocenters. The van der Waals surface area contributed by atoms with Crippen molar-refractivity contribution in [2.45, 2.75) is 34.1 Å². The van der Waals surface area contributed by atoms with E-state index in [0.29, 0.717) is 0 Å². The van der Waals surface area contributed by atoms with Gasteiger partial charge < -0.3 is 5.32 Å². The zero-order valence-corrected chi connectivity index (χ0v) is 11.6. The molecule has 0 fully saturated rings. The van der Waals surface area contributed by atoms with Gasteiger partial charge in [-0.25, -0.2) is 0 Å². The Kier molecular flexibility index (Phi) is 5.99. The van der Waals surface area contributed by atoms with E-state index in [1.165, 1.54) is 16.7 Å². The molecule has 0 radical (unpaired) electrons. The molecule has 1 nitrogen and oxygen atoms in total. The van der Waals surface area contributed by atoms with Gasteiger partial charge in [-0.05, 0) is 44.8 Å². The first kappa shape index (κ1) is 14.0. The first-order valence-corrected chi connectivity index (χ1v) is 6.53. The minimum absolute atomic E-state index is 0.735. The number of aryl methyl sites for hydroxylation is 2. The van der Waals surface area contributed by atoms with Crippen LogP contribution in [0, 0.1) is 19.8 Å². The number of hydrogen-bond acceptors (Lipinski definition) is 1. The minimum atomic E-state index is 0.735. The highest BCUT2D eigenvalue weighted by Crippen LogP contribution is 2.10. The molecule has 1 aromatic carbocycles. The molecule has 0 saturated carbocycles. The second-order valence-corrected chi connectivity index (χ2v) is 5.21. The maximum absolute atomic E-state index is 3.44. The minimum Gasteiger partial charge on any atom is -0.316 e. The van der Waals surface area contributed by atoms with Crippen LogP contribution in [0.25, 0.3) is 6.08 Å². The van der Waals surface area contributed by atoms with Crippen LogP contribution in [0.4, 0.5) is 0 Å². The van der Waals surface area contributed by atoms with Crippen LogP contribution in [0.15, 0.2) is 24.3 Å². The molecule has 0 unspecified atom stereocenters. The molecule has 0 aliphatic heterocycles. The maximum Gasteiger partial charge on any atom is -0.00140 e. The third-order valence-electron chi connectivity index (χ3n) is 2.59. The van der Waals surface area contributed by atoms with Crippen LogP contribution in [0.3, 0.4) is 0 Å². The van der Waals surface area contributed by atoms with Gasteiger partial charge in [0.25, 0.3) is 0 Å². The third kappa shape index (κ3) is 6.28. The van der Waals surface area contributed by atoms with Crippen LogP contribution in [0.1, 0.15) is 37.0 Å². The molecule has 0 spiro atoms. The smallest absolute Gasteiger partial charge is 0.00140 e. The summed E-state index contributed by atoms with van der Waals surface area (Å²) in [7, 11) is 0. The topological polar surface area (TPSA) is 12.0 Å². The van der Waals surface area contributed by atoms with Crippen LogP contribution in [0.2, 0.25) is 0 Å². The Hall–Kier alpha value is -1.08. The molecule has 17 heavy (non-hydrogen) atoms. The van der Waals surface area contributed by atoms with Gasteiger partial charge in [-0.1, -0.05) is 55.3 Å². The number of nitrogens with one attached hydrogen (secondary N) is 1. The van der Waals surface area contributed by atoms with E-state index in [9.17, 15) is 0 Å². The molecular formula is C16H25N. The van der Waals surface area contributed by atoms with Gasteiger partial charge in [0.2, 0.25) is 0 Å². The molecular weight excluding hydrogens is 206 g/mol. The Morgan fingerprint density at radius 1 is 1.12 bits per heavy atom. The zero-order valence-electron chi connectivity index (χ0n) is 11.6. The summed E-state index contributed by atoms with van der Waals surface area (Å²) in [6.45, 7) is 10.9. The molecule has 0 amide bonds. The number of hydrogen-bond donors (Lipinski definition) is 1. The summed E-state index contributed by atoms with van der Waals surface area (Å²) in [5.41, 5.74) is 3.98. The second kappa shape index (κ2) is 7.29. The summed E-state index contributed by atoms with van der Waals surface area (Å²) in [6, 6.07) is 6.66. The summed E-state index contributed by atoms with van der Waals surface area (Å²) >= 11 is 0. The summed E-state index contributed by atoms with van der Waals surface area (Å²) < 4.78 is 0. The summed E-state index contributed by atoms with van der Waals surface area (Å²) in [6.07, 6.45) is 5.57. The maximum atomic E-state index is 3.44. The lowest BCUT2D eigenvalue weighted by atomic mass is 10.1. The molecule has 0 heterocycles. The van der Waals surface area contributed by atoms with Crippen molar-refractivity contribution in [1.29, 1.82) is 0 Å². The van der Waals surface area contributed by atoms with Gasteiger partial charge in [0, 0.05) is 0 Å². The number of rotatable bonds is 6. The van der Waals surface area contributed by atoms with Crippen LogP contribution >= 0.6 is 0 Å². The van der Waals surface area contributed by atoms with Gasteiger partial charge in [-0.3, -0.25) is 0 Å². The van der Waals surface area contributed by atoms with E-state index in [2.05, 4.69) is 63.4 Å². The Balaban J connectivity index is 2.33. The first-order chi connectivity index (χ1) is 8.08. The number of benzene rings is 1. The lowest BCUT2D eigenvalue weighted by Gasteiger charge is -2.05. The monoisotopic (exact) mass is 231 g/mol. The van der Waals surface area contributed by atoms with Gasteiger partial charge in [0.15, 0.2) is 0 Å². The van der Waals surface area contributed by atoms with Gasteiger partial charge in [0.05, 0.1) is 0 Å². The second-order valence-electron chi connectivity index (χ2n) is 5.21. The van der Waals surface area contributed by atoms with Crippen molar-refractivity contribution in [2.75, 3.05) is 13.1 Å². The van der Waals surface area contributed by atoms with E-state index in [1.54, 1.807) is 0 Å². The van der Waals surface area contributed by atoms with Crippen LogP contribution < -0.4 is 5.32 Å². The molecule has 1 N–H and O–H groups in total. The molecule has 0 aliphatic carbocycles. The fourth-order valence-corrected chi connectivity index (χ4v) is 1.90. The lowest BCUT2D eigenvalue weighted by molar-refractivity contribution is 0.557. The average Bonchev–Trinajstić information content (AvgIpc) is 2.21. The highest BCUT2D eigenvalue weighted by molar-refractivity contribution is 5.51. The van der Waals surface area contributed by atoms with Crippen molar-refractivity contribution in [3.05, 3.63) is 41.0 Å². The summed E-state index contributed by atoms with van der Waals surface area (Å²) in [4.78, 5) is 0. The van der Waals surface area contributed by atoms with Crippen LogP contribution in [-0.2, 0) is 0 Å². The van der Waals surface area contributed by atoms with E-state index < -0.39 is 0 Å². The molecule has 94 valence electrons. The summed E-state index contributed by atoms with van der Waals surface area (Å²) in [5, 5.41) is 3.44. The van der Waals surface area contributed by atoms with Gasteiger partial charge in [0.1, 0.15) is 0 Å². The Bertz CT molecular complexity index is 344. The lowest BCUT2D eigenvalue weighted by Crippen LogP contribution is -2.20. The fraction of sp³-hybridized carbons (Fsp3) is 0.500. The van der Waals surface area contributed by atoms with Crippen LogP contribution in [-0.4, -0.2) is 13.1 Å². The molecule has 0 bridgehead atoms. The van der Waals surface area contributed by atoms with Crippen molar-refractivity contribution in [1.82, 2.24) is 5.32 Å². The van der Waals surface area contributed by atoms with E-state index >= 15 is 0 Å². The average molecular weight is 231 g/mol. The van der Waals surface area contributed by atoms with Gasteiger partial charge in [-0.2, -0.15) is 0 Å². The van der Waals surface area contributed by atoms with Crippen molar-refractivity contribution in [3.63, 3.8) is 0 Å². The van der Waals surface area contributed by atoms with Crippen molar-refractivity contribution in [2.24, 2.45) is 5.92 Å². The molecule has 0 saturated heterocycles. The molecule has 1 aromatic rings. The van der Waals surface area contributed by atoms with E-state index in [4.69, 9.17) is 0 Å². The predicted octanol–water partition coefficient (Wildman–Crippen LogP) is 3.95. The van der Waals surface area contributed by atoms with Crippen molar-refractivity contribution < 1.29 is 0 Å². The van der Waals surface area contributed by atoms with E-state index in [0.717, 1.165) is 25.4 Å². The molecule has 0 aromatic heterocycles. The Labute approximate surface area is 106 Å². The van der Waals surface area contributed by atoms with Crippen molar-refractivity contribution >= 4 is 6.08 Å². The van der Waals surface area contributed by atoms with E-state index in [-0.39, 0.29) is 0 Å². The largest absolute Gasteiger partial charge is 0.316 e. The molecule has 0 aliphatic rings. The van der Waals surface area contributed by atoms with Crippen molar-refractivity contribution in [3.8, 4) is 0 Å². The van der Waals surface area contributed by atoms with Gasteiger partial charge in [-0.15, -0.1) is 0 Å². The normalized spacial score (nSPS) is 11.6. The zero-order chi connectivity index (χ0) is 12.7. The SMILES string of the molecule is Cc1cc(C)cc(C=CCCNCC(C)C)c1. The predicted molar refractivity (Wildman–Crippen MR) is 77.3 cm³/mol. The highest BCUT2D eigenvalue weighted by atomic mass is 14.8. The summed E-state index contributed by atoms with van der Waals surface area (Å²) in [5.74, 6) is 0.735. The Morgan fingerprint density at radius 3 is 2.35 bits per heavy atom. The standard InChI is InChI=1S/C16H25N/c1-13(2)12-17-8-6-5-7-16-10-14(3)9-15(4)11-16/h5,7,9-11,13,17H,6,8,12H2,1-4H3. The quantitative estimate of drug-likeness (QED) is 0.731. The molecule has 1 rings (SSSR count). The molecule has 1 heteroatoms. The van der Waals surface area contributed by atoms with Crippen LogP contribution in [0.5, 0.6) is 0 Å².